The maximum Gasteiger partial charge on any atom is 0.462 e. The molecule has 3 nitrogen and oxygen atoms in total. The number of carbonyl (C=O) groups excluding carboxylic acids is 1. The van der Waals surface area contributed by atoms with Gasteiger partial charge in [0.05, 0.1) is 0 Å². The average molecular weight is 462 g/mol. The Hall–Kier alpha value is -2.12. The lowest BCUT2D eigenvalue weighted by molar-refractivity contribution is -0.474. The van der Waals surface area contributed by atoms with E-state index in [1.54, 1.807) is 20.8 Å². The fourth-order valence-corrected chi connectivity index (χ4v) is 1.82. The van der Waals surface area contributed by atoms with Crippen LogP contribution in [-0.2, 0) is 14.9 Å². The summed E-state index contributed by atoms with van der Waals surface area (Å²) in [6.07, 6.45) is -21.1. The van der Waals surface area contributed by atoms with E-state index >= 15 is 0 Å². The molecule has 0 saturated heterocycles. The third-order valence-electron chi connectivity index (χ3n) is 3.55. The molecule has 1 atom stereocenters. The molecule has 0 N–H and O–H groups in total. The van der Waals surface area contributed by atoms with E-state index in [0.717, 1.165) is 12.1 Å². The Morgan fingerprint density at radius 1 is 0.733 bits per heavy atom. The molecular formula is C16H13F11O3. The molecule has 172 valence electrons. The van der Waals surface area contributed by atoms with Crippen molar-refractivity contribution < 1.29 is 62.6 Å². The van der Waals surface area contributed by atoms with Crippen molar-refractivity contribution >= 4 is 5.97 Å². The van der Waals surface area contributed by atoms with E-state index in [-0.39, 0.29) is 0 Å². The van der Waals surface area contributed by atoms with E-state index in [9.17, 15) is 53.1 Å². The summed E-state index contributed by atoms with van der Waals surface area (Å²) in [7, 11) is 0. The van der Waals surface area contributed by atoms with Crippen molar-refractivity contribution in [1.29, 1.82) is 0 Å². The second kappa shape index (κ2) is 7.54. The minimum Gasteiger partial charge on any atom is -0.422 e. The molecule has 0 aliphatic carbocycles. The number of alkyl halides is 11. The summed E-state index contributed by atoms with van der Waals surface area (Å²) >= 11 is 0. The van der Waals surface area contributed by atoms with Crippen molar-refractivity contribution in [3.05, 3.63) is 29.8 Å². The second-order valence-corrected chi connectivity index (χ2v) is 6.95. The van der Waals surface area contributed by atoms with Crippen molar-refractivity contribution in [3.8, 4) is 5.75 Å². The minimum atomic E-state index is -7.27. The zero-order valence-electron chi connectivity index (χ0n) is 15.2. The zero-order chi connectivity index (χ0) is 24.0. The quantitative estimate of drug-likeness (QED) is 0.310. The largest absolute Gasteiger partial charge is 0.462 e. The monoisotopic (exact) mass is 462 g/mol. The Morgan fingerprint density at radius 3 is 1.50 bits per heavy atom. The van der Waals surface area contributed by atoms with Crippen LogP contribution < -0.4 is 4.74 Å². The molecule has 30 heavy (non-hydrogen) atoms. The van der Waals surface area contributed by atoms with Crippen LogP contribution in [0.5, 0.6) is 5.75 Å². The third-order valence-corrected chi connectivity index (χ3v) is 3.55. The van der Waals surface area contributed by atoms with E-state index in [2.05, 4.69) is 9.47 Å². The molecule has 0 fully saturated rings. The zero-order valence-corrected chi connectivity index (χ0v) is 15.2. The van der Waals surface area contributed by atoms with Gasteiger partial charge in [-0.15, -0.1) is 0 Å². The van der Waals surface area contributed by atoms with E-state index in [0.29, 0.717) is 5.56 Å². The second-order valence-electron chi connectivity index (χ2n) is 6.95. The fraction of sp³-hybridized carbons (Fsp3) is 0.562. The summed E-state index contributed by atoms with van der Waals surface area (Å²) in [4.78, 5) is 11.5. The number of hydrogen-bond donors (Lipinski definition) is 0. The van der Waals surface area contributed by atoms with Gasteiger partial charge in [0.25, 0.3) is 0 Å². The number of hydrogen-bond acceptors (Lipinski definition) is 3. The van der Waals surface area contributed by atoms with Crippen LogP contribution in [0.3, 0.4) is 0 Å². The first kappa shape index (κ1) is 25.9. The van der Waals surface area contributed by atoms with Crippen LogP contribution in [0.2, 0.25) is 0 Å². The molecule has 1 rings (SSSR count). The highest BCUT2D eigenvalue weighted by Gasteiger charge is 2.80. The normalized spacial score (nSPS) is 16.2. The topological polar surface area (TPSA) is 35.5 Å². The van der Waals surface area contributed by atoms with Crippen LogP contribution in [0.15, 0.2) is 24.3 Å². The van der Waals surface area contributed by atoms with Crippen LogP contribution in [0.25, 0.3) is 0 Å². The number of esters is 1. The van der Waals surface area contributed by atoms with Gasteiger partial charge in [-0.2, -0.15) is 48.3 Å². The van der Waals surface area contributed by atoms with Gasteiger partial charge in [0.1, 0.15) is 5.75 Å². The highest BCUT2D eigenvalue weighted by atomic mass is 19.4. The molecule has 1 aromatic rings. The average Bonchev–Trinajstić information content (AvgIpc) is 2.51. The molecule has 0 spiro atoms. The van der Waals surface area contributed by atoms with E-state index in [4.69, 9.17) is 0 Å². The Bertz CT molecular complexity index is 761. The van der Waals surface area contributed by atoms with Gasteiger partial charge in [0.15, 0.2) is 0 Å². The smallest absolute Gasteiger partial charge is 0.422 e. The van der Waals surface area contributed by atoms with Crippen molar-refractivity contribution in [2.45, 2.75) is 56.4 Å². The van der Waals surface area contributed by atoms with Gasteiger partial charge in [0.2, 0.25) is 0 Å². The van der Waals surface area contributed by atoms with Crippen LogP contribution in [0, 0.1) is 0 Å². The first-order valence-electron chi connectivity index (χ1n) is 7.67. The number of benzene rings is 1. The third kappa shape index (κ3) is 4.95. The Balaban J connectivity index is 3.27. The summed E-state index contributed by atoms with van der Waals surface area (Å²) in [5, 5.41) is 0. The fourth-order valence-electron chi connectivity index (χ4n) is 1.82. The standard InChI is InChI=1S/C16H13F11O3/c1-11(2,3)8-4-6-9(7-5-8)29-10(28)12(17,14(20,21)22)30-16(26,27)13(18,19)15(23,24)25/h4-7H,1-3H3. The molecule has 0 heterocycles. The number of halogens is 11. The Kier molecular flexibility index (Phi) is 6.51. The highest BCUT2D eigenvalue weighted by Crippen LogP contribution is 2.51. The van der Waals surface area contributed by atoms with E-state index in [1.165, 1.54) is 12.1 Å². The van der Waals surface area contributed by atoms with E-state index < -0.39 is 47.4 Å². The summed E-state index contributed by atoms with van der Waals surface area (Å²) < 4.78 is 147. The lowest BCUT2D eigenvalue weighted by Crippen LogP contribution is -2.62. The van der Waals surface area contributed by atoms with E-state index in [1.807, 2.05) is 0 Å². The Labute approximate surface area is 161 Å². The van der Waals surface area contributed by atoms with Crippen LogP contribution in [0.4, 0.5) is 48.3 Å². The summed E-state index contributed by atoms with van der Waals surface area (Å²) in [5.74, 6) is -17.8. The van der Waals surface area contributed by atoms with Crippen molar-refractivity contribution in [1.82, 2.24) is 0 Å². The maximum absolute atomic E-state index is 14.1. The Morgan fingerprint density at radius 2 is 1.17 bits per heavy atom. The number of carbonyl (C=O) groups is 1. The van der Waals surface area contributed by atoms with Crippen molar-refractivity contribution in [2.75, 3.05) is 0 Å². The predicted octanol–water partition coefficient (Wildman–Crippen LogP) is 5.92. The van der Waals surface area contributed by atoms with Gasteiger partial charge in [-0.3, -0.25) is 4.74 Å². The van der Waals surface area contributed by atoms with Crippen molar-refractivity contribution in [2.24, 2.45) is 0 Å². The van der Waals surface area contributed by atoms with Gasteiger partial charge >= 0.3 is 36.2 Å². The molecule has 1 unspecified atom stereocenters. The molecule has 14 heteroatoms. The molecule has 0 radical (unpaired) electrons. The van der Waals surface area contributed by atoms with Crippen molar-refractivity contribution in [3.63, 3.8) is 0 Å². The maximum atomic E-state index is 14.1. The summed E-state index contributed by atoms with van der Waals surface area (Å²) in [6.45, 7) is 5.13. The number of ether oxygens (including phenoxy) is 2. The molecule has 0 aromatic heterocycles. The van der Waals surface area contributed by atoms with Crippen LogP contribution in [-0.4, -0.2) is 36.2 Å². The first-order chi connectivity index (χ1) is 13.1. The van der Waals surface area contributed by atoms with Gasteiger partial charge in [-0.1, -0.05) is 32.9 Å². The van der Waals surface area contributed by atoms with Crippen LogP contribution in [0.1, 0.15) is 26.3 Å². The SMILES string of the molecule is CC(C)(C)c1ccc(OC(=O)C(F)(OC(F)(F)C(F)(F)C(F)(F)F)C(F)(F)F)cc1. The minimum absolute atomic E-state index is 0.493. The molecule has 1 aromatic carbocycles. The molecular weight excluding hydrogens is 449 g/mol. The van der Waals surface area contributed by atoms with Gasteiger partial charge < -0.3 is 4.74 Å². The lowest BCUT2D eigenvalue weighted by Gasteiger charge is -2.33. The number of rotatable bonds is 5. The first-order valence-corrected chi connectivity index (χ1v) is 7.67. The molecule has 0 amide bonds. The van der Waals surface area contributed by atoms with Gasteiger partial charge in [-0.05, 0) is 23.1 Å². The molecule has 0 aliphatic heterocycles. The predicted molar refractivity (Wildman–Crippen MR) is 77.7 cm³/mol. The van der Waals surface area contributed by atoms with Gasteiger partial charge in [0, 0.05) is 0 Å². The summed E-state index contributed by atoms with van der Waals surface area (Å²) in [5.41, 5.74) is 0.0458. The molecule has 0 aliphatic rings. The van der Waals surface area contributed by atoms with Crippen LogP contribution >= 0.6 is 0 Å². The lowest BCUT2D eigenvalue weighted by atomic mass is 9.87. The molecule has 0 bridgehead atoms. The molecule has 0 saturated carbocycles. The van der Waals surface area contributed by atoms with Gasteiger partial charge in [-0.25, -0.2) is 4.79 Å². The summed E-state index contributed by atoms with van der Waals surface area (Å²) in [6, 6.07) is 4.03. The highest BCUT2D eigenvalue weighted by molar-refractivity contribution is 5.81.